The van der Waals surface area contributed by atoms with Gasteiger partial charge in [0.25, 0.3) is 5.91 Å². The fourth-order valence-corrected chi connectivity index (χ4v) is 2.23. The quantitative estimate of drug-likeness (QED) is 0.832. The fraction of sp³-hybridized carbons (Fsp3) is 0.267. The molecule has 20 heavy (non-hydrogen) atoms. The largest absolute Gasteiger partial charge is 0.368 e. The second kappa shape index (κ2) is 5.79. The van der Waals surface area contributed by atoms with Gasteiger partial charge in [-0.1, -0.05) is 12.1 Å². The van der Waals surface area contributed by atoms with E-state index in [2.05, 4.69) is 9.97 Å². The van der Waals surface area contributed by atoms with Crippen LogP contribution in [0.25, 0.3) is 0 Å². The smallest absolute Gasteiger partial charge is 0.272 e. The first-order valence-corrected chi connectivity index (χ1v) is 6.57. The van der Waals surface area contributed by atoms with Gasteiger partial charge in [-0.2, -0.15) is 0 Å². The number of nitrogens with zero attached hydrogens (tertiary/aromatic N) is 3. The number of hydrogen-bond acceptors (Lipinski definition) is 4. The summed E-state index contributed by atoms with van der Waals surface area (Å²) in [5.41, 5.74) is 1.32. The Morgan fingerprint density at radius 1 is 1.15 bits per heavy atom. The van der Waals surface area contributed by atoms with Crippen LogP contribution < -0.4 is 0 Å². The van der Waals surface area contributed by atoms with E-state index in [1.54, 1.807) is 29.4 Å². The van der Waals surface area contributed by atoms with Crippen molar-refractivity contribution in [1.82, 2.24) is 14.9 Å². The highest BCUT2D eigenvalue weighted by Gasteiger charge is 2.27. The minimum atomic E-state index is -0.169. The molecule has 2 aromatic heterocycles. The first-order valence-electron chi connectivity index (χ1n) is 6.57. The average Bonchev–Trinajstić information content (AvgIpc) is 2.56. The van der Waals surface area contributed by atoms with Gasteiger partial charge in [-0.05, 0) is 24.3 Å². The predicted octanol–water partition coefficient (Wildman–Crippen LogP) is 1.69. The average molecular weight is 269 g/mol. The molecule has 1 unspecified atom stereocenters. The van der Waals surface area contributed by atoms with Crippen molar-refractivity contribution in [3.05, 3.63) is 60.2 Å². The number of pyridine rings is 2. The Morgan fingerprint density at radius 2 is 1.95 bits per heavy atom. The second-order valence-electron chi connectivity index (χ2n) is 4.58. The highest BCUT2D eigenvalue weighted by Crippen LogP contribution is 2.21. The number of rotatable bonds is 2. The number of ether oxygens (including phenoxy) is 1. The molecule has 1 saturated heterocycles. The Balaban J connectivity index is 1.74. The van der Waals surface area contributed by atoms with Crippen molar-refractivity contribution in [2.24, 2.45) is 0 Å². The van der Waals surface area contributed by atoms with Crippen LogP contribution in [0.5, 0.6) is 0 Å². The summed E-state index contributed by atoms with van der Waals surface area (Å²) in [7, 11) is 0. The van der Waals surface area contributed by atoms with Crippen LogP contribution in [0.15, 0.2) is 48.8 Å². The molecule has 5 heteroatoms. The number of morpholine rings is 1. The van der Waals surface area contributed by atoms with Gasteiger partial charge in [0.05, 0.1) is 18.8 Å². The standard InChI is InChI=1S/C15H15N3O2/c19-15(13-6-2-4-8-17-13)18-9-10-20-14(11-18)12-5-1-3-7-16-12/h1-8,14H,9-11H2. The molecule has 0 spiro atoms. The van der Waals surface area contributed by atoms with Gasteiger partial charge >= 0.3 is 0 Å². The topological polar surface area (TPSA) is 55.3 Å². The van der Waals surface area contributed by atoms with Crippen LogP contribution in [-0.2, 0) is 4.74 Å². The van der Waals surface area contributed by atoms with Crippen molar-refractivity contribution in [2.75, 3.05) is 19.7 Å². The Morgan fingerprint density at radius 3 is 2.65 bits per heavy atom. The normalized spacial score (nSPS) is 18.8. The predicted molar refractivity (Wildman–Crippen MR) is 73.1 cm³/mol. The summed E-state index contributed by atoms with van der Waals surface area (Å²) in [6.45, 7) is 1.60. The number of carbonyl (C=O) groups excluding carboxylic acids is 1. The maximum Gasteiger partial charge on any atom is 0.272 e. The van der Waals surface area contributed by atoms with E-state index in [4.69, 9.17) is 4.74 Å². The summed E-state index contributed by atoms with van der Waals surface area (Å²) in [6.07, 6.45) is 3.19. The third-order valence-electron chi connectivity index (χ3n) is 3.26. The van der Waals surface area contributed by atoms with E-state index in [1.165, 1.54) is 0 Å². The van der Waals surface area contributed by atoms with Crippen LogP contribution in [0.1, 0.15) is 22.3 Å². The highest BCUT2D eigenvalue weighted by atomic mass is 16.5. The van der Waals surface area contributed by atoms with Crippen molar-refractivity contribution in [2.45, 2.75) is 6.10 Å². The van der Waals surface area contributed by atoms with Crippen LogP contribution in [0, 0.1) is 0 Å². The molecule has 0 bridgehead atoms. The maximum atomic E-state index is 12.4. The Labute approximate surface area is 117 Å². The van der Waals surface area contributed by atoms with Crippen LogP contribution in [0.4, 0.5) is 0 Å². The molecule has 1 fully saturated rings. The SMILES string of the molecule is O=C(c1ccccn1)N1CCOC(c2ccccn2)C1. The van der Waals surface area contributed by atoms with Gasteiger partial charge in [-0.25, -0.2) is 0 Å². The van der Waals surface area contributed by atoms with Gasteiger partial charge < -0.3 is 9.64 Å². The Bertz CT molecular complexity index is 574. The summed E-state index contributed by atoms with van der Waals surface area (Å²) in [5, 5.41) is 0. The van der Waals surface area contributed by atoms with E-state index in [-0.39, 0.29) is 12.0 Å². The first-order chi connectivity index (χ1) is 9.84. The van der Waals surface area contributed by atoms with E-state index in [9.17, 15) is 4.79 Å². The van der Waals surface area contributed by atoms with Crippen LogP contribution >= 0.6 is 0 Å². The molecule has 2 aromatic rings. The minimum absolute atomic E-state index is 0.0603. The van der Waals surface area contributed by atoms with Gasteiger partial charge in [0.1, 0.15) is 11.8 Å². The van der Waals surface area contributed by atoms with Gasteiger partial charge in [-0.15, -0.1) is 0 Å². The van der Waals surface area contributed by atoms with E-state index in [1.807, 2.05) is 24.3 Å². The van der Waals surface area contributed by atoms with Crippen molar-refractivity contribution in [3.8, 4) is 0 Å². The molecular weight excluding hydrogens is 254 g/mol. The molecule has 3 rings (SSSR count). The monoisotopic (exact) mass is 269 g/mol. The third kappa shape index (κ3) is 2.67. The zero-order chi connectivity index (χ0) is 13.8. The lowest BCUT2D eigenvalue weighted by atomic mass is 10.1. The van der Waals surface area contributed by atoms with Crippen molar-refractivity contribution < 1.29 is 9.53 Å². The first kappa shape index (κ1) is 12.7. The number of amides is 1. The highest BCUT2D eigenvalue weighted by molar-refractivity contribution is 5.92. The molecule has 1 aliphatic rings. The van der Waals surface area contributed by atoms with Gasteiger partial charge in [0.15, 0.2) is 0 Å². The van der Waals surface area contributed by atoms with E-state index < -0.39 is 0 Å². The van der Waals surface area contributed by atoms with Crippen molar-refractivity contribution in [1.29, 1.82) is 0 Å². The van der Waals surface area contributed by atoms with Gasteiger partial charge in [-0.3, -0.25) is 14.8 Å². The molecule has 0 N–H and O–H groups in total. The Hall–Kier alpha value is -2.27. The van der Waals surface area contributed by atoms with Crippen LogP contribution in [-0.4, -0.2) is 40.5 Å². The summed E-state index contributed by atoms with van der Waals surface area (Å²) in [6, 6.07) is 11.0. The van der Waals surface area contributed by atoms with E-state index in [0.717, 1.165) is 5.69 Å². The van der Waals surface area contributed by atoms with Gasteiger partial charge in [0, 0.05) is 18.9 Å². The molecule has 0 aliphatic carbocycles. The lowest BCUT2D eigenvalue weighted by molar-refractivity contribution is -0.0249. The molecule has 3 heterocycles. The summed E-state index contributed by atoms with van der Waals surface area (Å²) >= 11 is 0. The molecule has 1 atom stereocenters. The maximum absolute atomic E-state index is 12.4. The van der Waals surface area contributed by atoms with E-state index in [0.29, 0.717) is 25.4 Å². The zero-order valence-corrected chi connectivity index (χ0v) is 11.0. The molecule has 5 nitrogen and oxygen atoms in total. The molecule has 0 saturated carbocycles. The molecular formula is C15H15N3O2. The van der Waals surface area contributed by atoms with Crippen LogP contribution in [0.2, 0.25) is 0 Å². The number of hydrogen-bond donors (Lipinski definition) is 0. The zero-order valence-electron chi connectivity index (χ0n) is 11.0. The summed E-state index contributed by atoms with van der Waals surface area (Å²) in [4.78, 5) is 22.5. The Kier molecular flexibility index (Phi) is 3.69. The lowest BCUT2D eigenvalue weighted by Gasteiger charge is -2.32. The van der Waals surface area contributed by atoms with E-state index >= 15 is 0 Å². The number of carbonyl (C=O) groups is 1. The van der Waals surface area contributed by atoms with Gasteiger partial charge in [0.2, 0.25) is 0 Å². The fourth-order valence-electron chi connectivity index (χ4n) is 2.23. The summed E-state index contributed by atoms with van der Waals surface area (Å²) < 4.78 is 5.70. The van der Waals surface area contributed by atoms with Crippen molar-refractivity contribution >= 4 is 5.91 Å². The van der Waals surface area contributed by atoms with Crippen LogP contribution in [0.3, 0.4) is 0 Å². The molecule has 102 valence electrons. The molecule has 1 amide bonds. The molecule has 0 aromatic carbocycles. The van der Waals surface area contributed by atoms with Crippen molar-refractivity contribution in [3.63, 3.8) is 0 Å². The lowest BCUT2D eigenvalue weighted by Crippen LogP contribution is -2.42. The second-order valence-corrected chi connectivity index (χ2v) is 4.58. The minimum Gasteiger partial charge on any atom is -0.368 e. The molecule has 0 radical (unpaired) electrons. The molecule has 1 aliphatic heterocycles. The number of aromatic nitrogens is 2. The summed E-state index contributed by atoms with van der Waals surface area (Å²) in [5.74, 6) is -0.0603. The third-order valence-corrected chi connectivity index (χ3v) is 3.26.